The second-order valence-electron chi connectivity index (χ2n) is 4.56. The third-order valence-corrected chi connectivity index (χ3v) is 3.33. The zero-order valence-corrected chi connectivity index (χ0v) is 11.1. The molecular formula is C15H20N2. The van der Waals surface area contributed by atoms with Crippen molar-refractivity contribution < 1.29 is 0 Å². The fourth-order valence-corrected chi connectivity index (χ4v) is 2.17. The summed E-state index contributed by atoms with van der Waals surface area (Å²) in [5.41, 5.74) is 6.09. The van der Waals surface area contributed by atoms with E-state index in [1.54, 1.807) is 0 Å². The van der Waals surface area contributed by atoms with Crippen molar-refractivity contribution >= 4 is 16.6 Å². The van der Waals surface area contributed by atoms with Gasteiger partial charge in [0.1, 0.15) is 0 Å². The number of benzene rings is 1. The summed E-state index contributed by atoms with van der Waals surface area (Å²) in [5.74, 6) is 0. The smallest absolute Gasteiger partial charge is 0.0757 e. The molecule has 0 unspecified atom stereocenters. The molecule has 90 valence electrons. The van der Waals surface area contributed by atoms with E-state index in [1.807, 2.05) is 7.05 Å². The first-order valence-electron chi connectivity index (χ1n) is 6.25. The molecule has 2 heteroatoms. The van der Waals surface area contributed by atoms with Crippen LogP contribution in [0.15, 0.2) is 18.2 Å². The molecule has 0 aliphatic carbocycles. The largest absolute Gasteiger partial charge is 0.388 e. The fourth-order valence-electron chi connectivity index (χ4n) is 2.17. The molecule has 2 aromatic rings. The molecule has 0 aliphatic heterocycles. The van der Waals surface area contributed by atoms with Gasteiger partial charge in [-0.2, -0.15) is 0 Å². The van der Waals surface area contributed by atoms with Crippen molar-refractivity contribution in [1.29, 1.82) is 0 Å². The molecule has 0 bridgehead atoms. The number of hydrogen-bond acceptors (Lipinski definition) is 2. The predicted molar refractivity (Wildman–Crippen MR) is 74.8 cm³/mol. The zero-order valence-electron chi connectivity index (χ0n) is 11.1. The first-order chi connectivity index (χ1) is 8.17. The Morgan fingerprint density at radius 3 is 2.65 bits per heavy atom. The summed E-state index contributed by atoms with van der Waals surface area (Å²) in [6.07, 6.45) is 2.17. The van der Waals surface area contributed by atoms with Gasteiger partial charge in [-0.05, 0) is 37.5 Å². The first-order valence-corrected chi connectivity index (χ1v) is 6.25. The molecule has 0 radical (unpaired) electrons. The van der Waals surface area contributed by atoms with Crippen molar-refractivity contribution in [2.24, 2.45) is 0 Å². The van der Waals surface area contributed by atoms with Crippen molar-refractivity contribution in [3.05, 3.63) is 35.0 Å². The van der Waals surface area contributed by atoms with Crippen LogP contribution in [-0.2, 0) is 6.42 Å². The van der Waals surface area contributed by atoms with Crippen LogP contribution >= 0.6 is 0 Å². The van der Waals surface area contributed by atoms with E-state index in [-0.39, 0.29) is 0 Å². The fraction of sp³-hybridized carbons (Fsp3) is 0.400. The van der Waals surface area contributed by atoms with Crippen molar-refractivity contribution in [1.82, 2.24) is 4.98 Å². The summed E-state index contributed by atoms with van der Waals surface area (Å²) < 4.78 is 0. The Labute approximate surface area is 103 Å². The van der Waals surface area contributed by atoms with Crippen molar-refractivity contribution in [3.8, 4) is 0 Å². The van der Waals surface area contributed by atoms with Crippen LogP contribution in [0.4, 0.5) is 5.69 Å². The Bertz CT molecular complexity index is 544. The molecule has 2 rings (SSSR count). The molecule has 0 saturated heterocycles. The van der Waals surface area contributed by atoms with Crippen LogP contribution < -0.4 is 5.32 Å². The number of nitrogens with one attached hydrogen (secondary N) is 1. The maximum Gasteiger partial charge on any atom is 0.0757 e. The number of aryl methyl sites for hydroxylation is 3. The first kappa shape index (κ1) is 11.9. The molecule has 1 heterocycles. The summed E-state index contributed by atoms with van der Waals surface area (Å²) in [4.78, 5) is 4.79. The minimum atomic E-state index is 1.04. The standard InChI is InChI=1S/C15H20N2/c1-5-6-12-9-14(16-4)13-8-7-10(2)11(3)15(13)17-12/h7-9H,5-6H2,1-4H3,(H,16,17). The van der Waals surface area contributed by atoms with Gasteiger partial charge in [0.2, 0.25) is 0 Å². The molecule has 2 nitrogen and oxygen atoms in total. The lowest BCUT2D eigenvalue weighted by Gasteiger charge is -2.12. The van der Waals surface area contributed by atoms with Crippen molar-refractivity contribution in [2.45, 2.75) is 33.6 Å². The molecular weight excluding hydrogens is 208 g/mol. The van der Waals surface area contributed by atoms with E-state index in [1.165, 1.54) is 27.9 Å². The highest BCUT2D eigenvalue weighted by molar-refractivity contribution is 5.93. The number of nitrogens with zero attached hydrogens (tertiary/aromatic N) is 1. The number of fused-ring (bicyclic) bond motifs is 1. The normalized spacial score (nSPS) is 10.8. The monoisotopic (exact) mass is 228 g/mol. The second kappa shape index (κ2) is 4.74. The van der Waals surface area contributed by atoms with E-state index in [4.69, 9.17) is 4.98 Å². The van der Waals surface area contributed by atoms with Crippen LogP contribution in [0, 0.1) is 13.8 Å². The van der Waals surface area contributed by atoms with Crippen LogP contribution in [0.2, 0.25) is 0 Å². The summed E-state index contributed by atoms with van der Waals surface area (Å²) >= 11 is 0. The highest BCUT2D eigenvalue weighted by Crippen LogP contribution is 2.27. The van der Waals surface area contributed by atoms with E-state index in [0.29, 0.717) is 0 Å². The van der Waals surface area contributed by atoms with E-state index in [0.717, 1.165) is 18.4 Å². The summed E-state index contributed by atoms with van der Waals surface area (Å²) in [7, 11) is 1.97. The third kappa shape index (κ3) is 2.12. The Morgan fingerprint density at radius 2 is 2.00 bits per heavy atom. The van der Waals surface area contributed by atoms with Crippen molar-refractivity contribution in [3.63, 3.8) is 0 Å². The number of hydrogen-bond donors (Lipinski definition) is 1. The summed E-state index contributed by atoms with van der Waals surface area (Å²) in [6.45, 7) is 6.48. The molecule has 0 atom stereocenters. The van der Waals surface area contributed by atoms with Gasteiger partial charge in [-0.1, -0.05) is 25.5 Å². The molecule has 1 aromatic heterocycles. The van der Waals surface area contributed by atoms with Crippen molar-refractivity contribution in [2.75, 3.05) is 12.4 Å². The van der Waals surface area contributed by atoms with Gasteiger partial charge in [-0.15, -0.1) is 0 Å². The van der Waals surface area contributed by atoms with Gasteiger partial charge in [0.05, 0.1) is 5.52 Å². The third-order valence-electron chi connectivity index (χ3n) is 3.33. The van der Waals surface area contributed by atoms with E-state index < -0.39 is 0 Å². The average Bonchev–Trinajstić information content (AvgIpc) is 2.34. The minimum absolute atomic E-state index is 1.04. The minimum Gasteiger partial charge on any atom is -0.388 e. The van der Waals surface area contributed by atoms with Gasteiger partial charge in [0.15, 0.2) is 0 Å². The Morgan fingerprint density at radius 1 is 1.24 bits per heavy atom. The molecule has 1 aromatic carbocycles. The Kier molecular flexibility index (Phi) is 3.32. The molecule has 0 amide bonds. The van der Waals surface area contributed by atoms with Crippen LogP contribution in [0.5, 0.6) is 0 Å². The molecule has 1 N–H and O–H groups in total. The molecule has 0 spiro atoms. The van der Waals surface area contributed by atoms with Crippen LogP contribution in [-0.4, -0.2) is 12.0 Å². The van der Waals surface area contributed by atoms with Gasteiger partial charge < -0.3 is 5.32 Å². The Balaban J connectivity index is 2.73. The van der Waals surface area contributed by atoms with E-state index >= 15 is 0 Å². The molecule has 0 aliphatic rings. The molecule has 0 saturated carbocycles. The summed E-state index contributed by atoms with van der Waals surface area (Å²) in [6, 6.07) is 6.49. The Hall–Kier alpha value is -1.57. The predicted octanol–water partition coefficient (Wildman–Crippen LogP) is 3.85. The highest BCUT2D eigenvalue weighted by atomic mass is 14.8. The quantitative estimate of drug-likeness (QED) is 0.863. The maximum absolute atomic E-state index is 4.79. The summed E-state index contributed by atoms with van der Waals surface area (Å²) in [5, 5.41) is 4.49. The van der Waals surface area contributed by atoms with Crippen LogP contribution in [0.3, 0.4) is 0 Å². The van der Waals surface area contributed by atoms with E-state index in [2.05, 4.69) is 44.3 Å². The lowest BCUT2D eigenvalue weighted by atomic mass is 10.0. The number of aromatic nitrogens is 1. The second-order valence-corrected chi connectivity index (χ2v) is 4.56. The SMILES string of the molecule is CCCc1cc(NC)c2ccc(C)c(C)c2n1. The van der Waals surface area contributed by atoms with Gasteiger partial charge in [-0.3, -0.25) is 4.98 Å². The van der Waals surface area contributed by atoms with Crippen LogP contribution in [0.25, 0.3) is 10.9 Å². The topological polar surface area (TPSA) is 24.9 Å². The lowest BCUT2D eigenvalue weighted by molar-refractivity contribution is 0.889. The zero-order chi connectivity index (χ0) is 12.4. The average molecular weight is 228 g/mol. The lowest BCUT2D eigenvalue weighted by Crippen LogP contribution is -1.98. The highest BCUT2D eigenvalue weighted by Gasteiger charge is 2.08. The number of pyridine rings is 1. The van der Waals surface area contributed by atoms with Gasteiger partial charge in [0.25, 0.3) is 0 Å². The molecule has 0 fully saturated rings. The number of anilines is 1. The van der Waals surface area contributed by atoms with Crippen LogP contribution in [0.1, 0.15) is 30.2 Å². The van der Waals surface area contributed by atoms with Gasteiger partial charge in [-0.25, -0.2) is 0 Å². The maximum atomic E-state index is 4.79. The van der Waals surface area contributed by atoms with Gasteiger partial charge >= 0.3 is 0 Å². The van der Waals surface area contributed by atoms with Gasteiger partial charge in [0, 0.05) is 23.8 Å². The number of rotatable bonds is 3. The van der Waals surface area contributed by atoms with E-state index in [9.17, 15) is 0 Å². The molecule has 17 heavy (non-hydrogen) atoms.